The molecule has 1 amide bonds. The number of hydrogen-bond acceptors (Lipinski definition) is 3. The Morgan fingerprint density at radius 1 is 1.67 bits per heavy atom. The van der Waals surface area contributed by atoms with Crippen LogP contribution in [0.1, 0.15) is 22.5 Å². The van der Waals surface area contributed by atoms with E-state index in [1.54, 1.807) is 22.6 Å². The molecule has 0 fully saturated rings. The molecule has 4 nitrogen and oxygen atoms in total. The molecule has 0 bridgehead atoms. The number of primary amides is 1. The molecule has 0 spiro atoms. The molecule has 0 aliphatic carbocycles. The predicted molar refractivity (Wildman–Crippen MR) is 57.0 cm³/mol. The molecule has 0 aliphatic rings. The maximum atomic E-state index is 12.4. The minimum absolute atomic E-state index is 0.0906. The van der Waals surface area contributed by atoms with Gasteiger partial charge in [-0.25, -0.2) is 13.8 Å². The van der Waals surface area contributed by atoms with E-state index in [1.165, 1.54) is 7.11 Å². The van der Waals surface area contributed by atoms with Crippen LogP contribution in [0.25, 0.3) is 0 Å². The van der Waals surface area contributed by atoms with E-state index in [4.69, 9.17) is 10.5 Å². The van der Waals surface area contributed by atoms with Crippen LogP contribution in [0.15, 0.2) is 6.07 Å². The van der Waals surface area contributed by atoms with Crippen LogP contribution in [-0.2, 0) is 0 Å². The number of amides is 1. The zero-order valence-electron chi connectivity index (χ0n) is 7.63. The monoisotopic (exact) mass is 328 g/mol. The highest BCUT2D eigenvalue weighted by atomic mass is 127. The first-order valence-electron chi connectivity index (χ1n) is 3.79. The number of carbonyl (C=O) groups is 1. The Bertz CT molecular complexity index is 398. The highest BCUT2D eigenvalue weighted by Crippen LogP contribution is 2.28. The molecular formula is C8H7F2IN2O2. The van der Waals surface area contributed by atoms with Gasteiger partial charge in [0.25, 0.3) is 12.3 Å². The maximum Gasteiger partial charge on any atom is 0.280 e. The lowest BCUT2D eigenvalue weighted by Gasteiger charge is -2.09. The molecule has 2 N–H and O–H groups in total. The summed E-state index contributed by atoms with van der Waals surface area (Å²) in [7, 11) is 1.31. The Kier molecular flexibility index (Phi) is 3.77. The Labute approximate surface area is 98.0 Å². The molecule has 1 aromatic rings. The fourth-order valence-corrected chi connectivity index (χ4v) is 1.80. The number of rotatable bonds is 3. The number of methoxy groups -OCH3 is 1. The number of aromatic nitrogens is 1. The zero-order chi connectivity index (χ0) is 11.6. The zero-order valence-corrected chi connectivity index (χ0v) is 9.79. The summed E-state index contributed by atoms with van der Waals surface area (Å²) in [5.41, 5.74) is 4.45. The van der Waals surface area contributed by atoms with Gasteiger partial charge in [0.1, 0.15) is 9.39 Å². The van der Waals surface area contributed by atoms with E-state index in [1.807, 2.05) is 0 Å². The Morgan fingerprint density at radius 2 is 2.27 bits per heavy atom. The van der Waals surface area contributed by atoms with Crippen molar-refractivity contribution in [3.63, 3.8) is 0 Å². The van der Waals surface area contributed by atoms with Crippen molar-refractivity contribution in [1.82, 2.24) is 4.98 Å². The van der Waals surface area contributed by atoms with Crippen molar-refractivity contribution in [3.05, 3.63) is 21.0 Å². The number of nitrogens with zero attached hydrogens (tertiary/aromatic N) is 1. The summed E-state index contributed by atoms with van der Waals surface area (Å²) >= 11 is 1.70. The van der Waals surface area contributed by atoms with Gasteiger partial charge in [0.2, 0.25) is 0 Å². The molecular weight excluding hydrogens is 321 g/mol. The molecule has 82 valence electrons. The van der Waals surface area contributed by atoms with Crippen LogP contribution in [0.3, 0.4) is 0 Å². The summed E-state index contributed by atoms with van der Waals surface area (Å²) < 4.78 is 29.8. The first kappa shape index (κ1) is 12.1. The van der Waals surface area contributed by atoms with E-state index in [2.05, 4.69) is 4.98 Å². The molecule has 7 heteroatoms. The number of pyridine rings is 1. The van der Waals surface area contributed by atoms with Crippen molar-refractivity contribution in [3.8, 4) is 5.75 Å². The topological polar surface area (TPSA) is 65.2 Å². The molecule has 0 aliphatic heterocycles. The van der Waals surface area contributed by atoms with Gasteiger partial charge in [-0.1, -0.05) is 0 Å². The average molecular weight is 328 g/mol. The second-order valence-electron chi connectivity index (χ2n) is 2.58. The molecule has 1 aromatic heterocycles. The standard InChI is InChI=1S/C8H7F2IN2O2/c1-15-5-3(8(12)14)2-4(6(9)10)13-7(5)11/h2,6H,1H3,(H2,12,14). The maximum absolute atomic E-state index is 12.4. The summed E-state index contributed by atoms with van der Waals surface area (Å²) in [5.74, 6) is -0.707. The lowest BCUT2D eigenvalue weighted by Crippen LogP contribution is -2.14. The number of alkyl halides is 2. The Hall–Kier alpha value is -0.990. The van der Waals surface area contributed by atoms with E-state index in [-0.39, 0.29) is 15.0 Å². The average Bonchev–Trinajstić information content (AvgIpc) is 2.16. The second kappa shape index (κ2) is 4.69. The first-order chi connectivity index (χ1) is 6.97. The molecule has 0 atom stereocenters. The SMILES string of the molecule is COc1c(C(N)=O)cc(C(F)F)nc1I. The second-order valence-corrected chi connectivity index (χ2v) is 3.61. The first-order valence-corrected chi connectivity index (χ1v) is 4.87. The third-order valence-electron chi connectivity index (χ3n) is 1.64. The van der Waals surface area contributed by atoms with Crippen LogP contribution in [0.2, 0.25) is 0 Å². The van der Waals surface area contributed by atoms with Crippen molar-refractivity contribution in [2.24, 2.45) is 5.73 Å². The van der Waals surface area contributed by atoms with Gasteiger partial charge in [0.05, 0.1) is 12.7 Å². The van der Waals surface area contributed by atoms with Crippen LogP contribution in [0.4, 0.5) is 8.78 Å². The van der Waals surface area contributed by atoms with E-state index in [0.717, 1.165) is 6.07 Å². The van der Waals surface area contributed by atoms with Gasteiger partial charge in [-0.3, -0.25) is 4.79 Å². The highest BCUT2D eigenvalue weighted by molar-refractivity contribution is 14.1. The smallest absolute Gasteiger partial charge is 0.280 e. The van der Waals surface area contributed by atoms with Crippen LogP contribution in [-0.4, -0.2) is 18.0 Å². The summed E-state index contributed by atoms with van der Waals surface area (Å²) in [6.45, 7) is 0. The lowest BCUT2D eigenvalue weighted by molar-refractivity contribution is 0.0996. The van der Waals surface area contributed by atoms with Gasteiger partial charge >= 0.3 is 0 Å². The Balaban J connectivity index is 3.38. The van der Waals surface area contributed by atoms with Crippen molar-refractivity contribution in [1.29, 1.82) is 0 Å². The molecule has 0 unspecified atom stereocenters. The van der Waals surface area contributed by atoms with E-state index < -0.39 is 18.0 Å². The number of carbonyl (C=O) groups excluding carboxylic acids is 1. The van der Waals surface area contributed by atoms with Crippen LogP contribution in [0, 0.1) is 3.70 Å². The minimum atomic E-state index is -2.75. The van der Waals surface area contributed by atoms with Crippen molar-refractivity contribution >= 4 is 28.5 Å². The molecule has 1 rings (SSSR count). The molecule has 0 saturated heterocycles. The van der Waals surface area contributed by atoms with E-state index in [0.29, 0.717) is 0 Å². The molecule has 15 heavy (non-hydrogen) atoms. The quantitative estimate of drug-likeness (QED) is 0.679. The molecule has 0 radical (unpaired) electrons. The number of hydrogen-bond donors (Lipinski definition) is 1. The largest absolute Gasteiger partial charge is 0.493 e. The molecule has 0 aromatic carbocycles. The minimum Gasteiger partial charge on any atom is -0.493 e. The van der Waals surface area contributed by atoms with E-state index >= 15 is 0 Å². The van der Waals surface area contributed by atoms with Gasteiger partial charge in [-0.05, 0) is 28.7 Å². The summed E-state index contributed by atoms with van der Waals surface area (Å²) in [6.07, 6.45) is -2.75. The number of nitrogens with two attached hydrogens (primary N) is 1. The summed E-state index contributed by atoms with van der Waals surface area (Å²) in [4.78, 5) is 14.6. The summed E-state index contributed by atoms with van der Waals surface area (Å²) in [6, 6.07) is 0.938. The Morgan fingerprint density at radius 3 is 2.67 bits per heavy atom. The van der Waals surface area contributed by atoms with E-state index in [9.17, 15) is 13.6 Å². The third kappa shape index (κ3) is 2.52. The van der Waals surface area contributed by atoms with Crippen molar-refractivity contribution in [2.45, 2.75) is 6.43 Å². The lowest BCUT2D eigenvalue weighted by atomic mass is 10.2. The highest BCUT2D eigenvalue weighted by Gasteiger charge is 2.19. The predicted octanol–water partition coefficient (Wildman–Crippen LogP) is 1.73. The van der Waals surface area contributed by atoms with Gasteiger partial charge < -0.3 is 10.5 Å². The van der Waals surface area contributed by atoms with Gasteiger partial charge in [0.15, 0.2) is 5.75 Å². The normalized spacial score (nSPS) is 10.5. The van der Waals surface area contributed by atoms with Gasteiger partial charge in [0, 0.05) is 0 Å². The fraction of sp³-hybridized carbons (Fsp3) is 0.250. The third-order valence-corrected chi connectivity index (χ3v) is 2.38. The fourth-order valence-electron chi connectivity index (χ4n) is 1.01. The van der Waals surface area contributed by atoms with Crippen molar-refractivity contribution < 1.29 is 18.3 Å². The van der Waals surface area contributed by atoms with Gasteiger partial charge in [-0.2, -0.15) is 0 Å². The summed E-state index contributed by atoms with van der Waals surface area (Å²) in [5, 5.41) is 0. The number of halogens is 3. The van der Waals surface area contributed by atoms with Gasteiger partial charge in [-0.15, -0.1) is 0 Å². The van der Waals surface area contributed by atoms with Crippen LogP contribution < -0.4 is 10.5 Å². The molecule has 0 saturated carbocycles. The van der Waals surface area contributed by atoms with Crippen LogP contribution in [0.5, 0.6) is 5.75 Å². The molecule has 1 heterocycles. The van der Waals surface area contributed by atoms with Crippen molar-refractivity contribution in [2.75, 3.05) is 7.11 Å². The van der Waals surface area contributed by atoms with Crippen LogP contribution >= 0.6 is 22.6 Å². The number of ether oxygens (including phenoxy) is 1.